The zero-order valence-corrected chi connectivity index (χ0v) is 15.7. The van der Waals surface area contributed by atoms with Gasteiger partial charge in [-0.05, 0) is 30.7 Å². The first-order valence-corrected chi connectivity index (χ1v) is 9.44. The summed E-state index contributed by atoms with van der Waals surface area (Å²) in [6.07, 6.45) is 1.83. The number of aryl methyl sites for hydroxylation is 1. The molecule has 1 aliphatic heterocycles. The Balaban J connectivity index is 1.36. The molecule has 4 rings (SSSR count). The fourth-order valence-corrected chi connectivity index (χ4v) is 3.30. The minimum absolute atomic E-state index is 0.798. The third-order valence-electron chi connectivity index (χ3n) is 4.87. The number of aromatic nitrogens is 2. The standard InChI is InChI=1S/C22H25N5/c1-18-7-9-20(10-8-18)24-21-11-12-23-22(25-21)27-15-13-26(14-16-27)17-19-5-3-2-4-6-19/h2-12H,13-17H2,1H3,(H,23,24,25). The molecule has 1 saturated heterocycles. The molecule has 0 atom stereocenters. The Kier molecular flexibility index (Phi) is 5.30. The van der Waals surface area contributed by atoms with Crippen LogP contribution in [0.15, 0.2) is 66.9 Å². The van der Waals surface area contributed by atoms with E-state index in [1.54, 1.807) is 0 Å². The first-order chi connectivity index (χ1) is 13.3. The molecule has 0 aliphatic carbocycles. The highest BCUT2D eigenvalue weighted by Crippen LogP contribution is 2.18. The van der Waals surface area contributed by atoms with Crippen molar-refractivity contribution < 1.29 is 0 Å². The van der Waals surface area contributed by atoms with E-state index < -0.39 is 0 Å². The Labute approximate surface area is 160 Å². The van der Waals surface area contributed by atoms with Gasteiger partial charge in [-0.3, -0.25) is 4.90 Å². The lowest BCUT2D eigenvalue weighted by atomic mass is 10.2. The van der Waals surface area contributed by atoms with Crippen LogP contribution in [0.1, 0.15) is 11.1 Å². The molecule has 0 radical (unpaired) electrons. The van der Waals surface area contributed by atoms with E-state index >= 15 is 0 Å². The van der Waals surface area contributed by atoms with Gasteiger partial charge in [0.05, 0.1) is 0 Å². The zero-order valence-electron chi connectivity index (χ0n) is 15.7. The molecule has 0 saturated carbocycles. The van der Waals surface area contributed by atoms with Crippen LogP contribution in [0.4, 0.5) is 17.5 Å². The van der Waals surface area contributed by atoms with Crippen molar-refractivity contribution in [3.8, 4) is 0 Å². The molecule has 5 heteroatoms. The molecular weight excluding hydrogens is 334 g/mol. The van der Waals surface area contributed by atoms with Gasteiger partial charge in [-0.25, -0.2) is 4.98 Å². The van der Waals surface area contributed by atoms with E-state index in [-0.39, 0.29) is 0 Å². The molecule has 2 aromatic carbocycles. The Morgan fingerprint density at radius 1 is 0.889 bits per heavy atom. The lowest BCUT2D eigenvalue weighted by molar-refractivity contribution is 0.248. The van der Waals surface area contributed by atoms with Crippen LogP contribution in [0.25, 0.3) is 0 Å². The Morgan fingerprint density at radius 3 is 2.37 bits per heavy atom. The van der Waals surface area contributed by atoms with Gasteiger partial charge >= 0.3 is 0 Å². The smallest absolute Gasteiger partial charge is 0.227 e. The van der Waals surface area contributed by atoms with Crippen molar-refractivity contribution in [1.29, 1.82) is 0 Å². The molecule has 0 spiro atoms. The highest BCUT2D eigenvalue weighted by molar-refractivity contribution is 5.57. The largest absolute Gasteiger partial charge is 0.340 e. The summed E-state index contributed by atoms with van der Waals surface area (Å²) in [5, 5.41) is 3.36. The van der Waals surface area contributed by atoms with Gasteiger partial charge in [0.15, 0.2) is 0 Å². The first-order valence-electron chi connectivity index (χ1n) is 9.44. The second kappa shape index (κ2) is 8.18. The third kappa shape index (κ3) is 4.63. The molecule has 2 heterocycles. The third-order valence-corrected chi connectivity index (χ3v) is 4.87. The second-order valence-electron chi connectivity index (χ2n) is 6.98. The van der Waals surface area contributed by atoms with Crippen LogP contribution in [-0.4, -0.2) is 41.0 Å². The summed E-state index contributed by atoms with van der Waals surface area (Å²) in [4.78, 5) is 13.9. The number of hydrogen-bond donors (Lipinski definition) is 1. The number of nitrogens with one attached hydrogen (secondary N) is 1. The van der Waals surface area contributed by atoms with Crippen LogP contribution in [0.2, 0.25) is 0 Å². The van der Waals surface area contributed by atoms with Gasteiger partial charge in [0.2, 0.25) is 5.95 Å². The first kappa shape index (κ1) is 17.5. The second-order valence-corrected chi connectivity index (χ2v) is 6.98. The minimum Gasteiger partial charge on any atom is -0.340 e. The van der Waals surface area contributed by atoms with Gasteiger partial charge in [-0.2, -0.15) is 4.98 Å². The lowest BCUT2D eigenvalue weighted by Gasteiger charge is -2.34. The van der Waals surface area contributed by atoms with Crippen molar-refractivity contribution in [3.05, 3.63) is 78.0 Å². The summed E-state index contributed by atoms with van der Waals surface area (Å²) in [7, 11) is 0. The fraction of sp³-hybridized carbons (Fsp3) is 0.273. The van der Waals surface area contributed by atoms with Crippen molar-refractivity contribution in [2.24, 2.45) is 0 Å². The Morgan fingerprint density at radius 2 is 1.63 bits per heavy atom. The van der Waals surface area contributed by atoms with E-state index in [0.29, 0.717) is 0 Å². The maximum absolute atomic E-state index is 4.71. The van der Waals surface area contributed by atoms with E-state index in [1.165, 1.54) is 11.1 Å². The van der Waals surface area contributed by atoms with Gasteiger partial charge in [0, 0.05) is 44.6 Å². The van der Waals surface area contributed by atoms with E-state index in [9.17, 15) is 0 Å². The summed E-state index contributed by atoms with van der Waals surface area (Å²) in [6.45, 7) is 7.03. The molecule has 1 aliphatic rings. The molecule has 138 valence electrons. The molecule has 0 amide bonds. The SMILES string of the molecule is Cc1ccc(Nc2ccnc(N3CCN(Cc4ccccc4)CC3)n2)cc1. The quantitative estimate of drug-likeness (QED) is 0.750. The lowest BCUT2D eigenvalue weighted by Crippen LogP contribution is -2.46. The van der Waals surface area contributed by atoms with Crippen molar-refractivity contribution in [1.82, 2.24) is 14.9 Å². The predicted molar refractivity (Wildman–Crippen MR) is 110 cm³/mol. The number of hydrogen-bond acceptors (Lipinski definition) is 5. The fourth-order valence-electron chi connectivity index (χ4n) is 3.30. The summed E-state index contributed by atoms with van der Waals surface area (Å²) in [6, 6.07) is 20.9. The maximum atomic E-state index is 4.71. The van der Waals surface area contributed by atoms with Crippen LogP contribution < -0.4 is 10.2 Å². The molecule has 0 bridgehead atoms. The van der Waals surface area contributed by atoms with Crippen molar-refractivity contribution in [2.45, 2.75) is 13.5 Å². The van der Waals surface area contributed by atoms with E-state index in [0.717, 1.165) is 50.2 Å². The highest BCUT2D eigenvalue weighted by Gasteiger charge is 2.19. The highest BCUT2D eigenvalue weighted by atomic mass is 15.3. The molecule has 3 aromatic rings. The Hall–Kier alpha value is -2.92. The molecular formula is C22H25N5. The van der Waals surface area contributed by atoms with Gasteiger partial charge in [-0.1, -0.05) is 48.0 Å². The van der Waals surface area contributed by atoms with E-state index in [4.69, 9.17) is 4.98 Å². The predicted octanol–water partition coefficient (Wildman–Crippen LogP) is 3.85. The molecule has 27 heavy (non-hydrogen) atoms. The van der Waals surface area contributed by atoms with E-state index in [1.807, 2.05) is 12.3 Å². The van der Waals surface area contributed by atoms with Gasteiger partial charge in [0.1, 0.15) is 5.82 Å². The van der Waals surface area contributed by atoms with Gasteiger partial charge < -0.3 is 10.2 Å². The average molecular weight is 359 g/mol. The topological polar surface area (TPSA) is 44.3 Å². The number of piperazine rings is 1. The summed E-state index contributed by atoms with van der Waals surface area (Å²) >= 11 is 0. The van der Waals surface area contributed by atoms with Crippen molar-refractivity contribution in [2.75, 3.05) is 36.4 Å². The summed E-state index contributed by atoms with van der Waals surface area (Å²) < 4.78 is 0. The average Bonchev–Trinajstić information content (AvgIpc) is 2.71. The van der Waals surface area contributed by atoms with Crippen molar-refractivity contribution >= 4 is 17.5 Å². The molecule has 1 fully saturated rings. The van der Waals surface area contributed by atoms with Crippen LogP contribution in [0, 0.1) is 6.92 Å². The summed E-state index contributed by atoms with van der Waals surface area (Å²) in [5.74, 6) is 1.63. The van der Waals surface area contributed by atoms with Crippen LogP contribution in [0.5, 0.6) is 0 Å². The Bertz CT molecular complexity index is 855. The normalized spacial score (nSPS) is 14.9. The number of benzene rings is 2. The summed E-state index contributed by atoms with van der Waals surface area (Å²) in [5.41, 5.74) is 3.65. The maximum Gasteiger partial charge on any atom is 0.227 e. The van der Waals surface area contributed by atoms with Crippen molar-refractivity contribution in [3.63, 3.8) is 0 Å². The number of rotatable bonds is 5. The molecule has 5 nitrogen and oxygen atoms in total. The van der Waals surface area contributed by atoms with Gasteiger partial charge in [-0.15, -0.1) is 0 Å². The number of anilines is 3. The van der Waals surface area contributed by atoms with Crippen LogP contribution >= 0.6 is 0 Å². The molecule has 0 unspecified atom stereocenters. The minimum atomic E-state index is 0.798. The zero-order chi connectivity index (χ0) is 18.5. The molecule has 1 aromatic heterocycles. The van der Waals surface area contributed by atoms with Crippen LogP contribution in [0.3, 0.4) is 0 Å². The van der Waals surface area contributed by atoms with Gasteiger partial charge in [0.25, 0.3) is 0 Å². The van der Waals surface area contributed by atoms with Crippen LogP contribution in [-0.2, 0) is 6.54 Å². The van der Waals surface area contributed by atoms with E-state index in [2.05, 4.69) is 81.6 Å². The number of nitrogens with zero attached hydrogens (tertiary/aromatic N) is 4. The molecule has 1 N–H and O–H groups in total. The monoisotopic (exact) mass is 359 g/mol.